The third kappa shape index (κ3) is 5.24. The molecule has 0 saturated carbocycles. The van der Waals surface area contributed by atoms with Crippen LogP contribution in [0.4, 0.5) is 0 Å². The zero-order valence-electron chi connectivity index (χ0n) is 12.4. The normalized spacial score (nSPS) is 21.6. The van der Waals surface area contributed by atoms with Crippen molar-refractivity contribution >= 4 is 38.8 Å². The molecule has 2 aromatic rings. The summed E-state index contributed by atoms with van der Waals surface area (Å²) in [7, 11) is 0. The van der Waals surface area contributed by atoms with E-state index >= 15 is 0 Å². The van der Waals surface area contributed by atoms with Crippen molar-refractivity contribution in [2.24, 2.45) is 0 Å². The summed E-state index contributed by atoms with van der Waals surface area (Å²) in [5.41, 5.74) is 0. The zero-order valence-corrected chi connectivity index (χ0v) is 15.8. The van der Waals surface area contributed by atoms with Gasteiger partial charge in [0.15, 0.2) is 0 Å². The summed E-state index contributed by atoms with van der Waals surface area (Å²) >= 11 is 0.948. The van der Waals surface area contributed by atoms with Crippen molar-refractivity contribution in [3.63, 3.8) is 0 Å². The second kappa shape index (κ2) is 8.88. The van der Waals surface area contributed by atoms with E-state index in [4.69, 9.17) is 9.47 Å². The first kappa shape index (κ1) is 16.3. The van der Waals surface area contributed by atoms with Crippen LogP contribution in [0.15, 0.2) is 60.7 Å². The van der Waals surface area contributed by atoms with Gasteiger partial charge in [0, 0.05) is 0 Å². The summed E-state index contributed by atoms with van der Waals surface area (Å²) in [4.78, 5) is 0. The molecule has 2 unspecified atom stereocenters. The van der Waals surface area contributed by atoms with E-state index in [0.29, 0.717) is 29.9 Å². The molecule has 1 aliphatic rings. The van der Waals surface area contributed by atoms with Crippen molar-refractivity contribution < 1.29 is 9.47 Å². The number of hydrogen-bond donors (Lipinski definition) is 0. The molecule has 0 amide bonds. The average molecular weight is 426 g/mol. The first-order valence-electron chi connectivity index (χ1n) is 7.49. The van der Waals surface area contributed by atoms with Crippen LogP contribution in [0.3, 0.4) is 0 Å². The minimum absolute atomic E-state index is 0.269. The number of ether oxygens (including phenoxy) is 2. The van der Waals surface area contributed by atoms with Gasteiger partial charge in [-0.1, -0.05) is 0 Å². The van der Waals surface area contributed by atoms with Gasteiger partial charge in [0.1, 0.15) is 0 Å². The van der Waals surface area contributed by atoms with Gasteiger partial charge >= 0.3 is 145 Å². The molecule has 2 nitrogen and oxygen atoms in total. The molecule has 0 radical (unpaired) electrons. The van der Waals surface area contributed by atoms with Crippen molar-refractivity contribution in [2.75, 3.05) is 13.2 Å². The third-order valence-electron chi connectivity index (χ3n) is 3.35. The summed E-state index contributed by atoms with van der Waals surface area (Å²) in [5.74, 6) is 0. The van der Waals surface area contributed by atoms with E-state index in [1.165, 1.54) is 8.92 Å². The standard InChI is InChI=1S/C18H20O2Se2/c1-3-7-17(8-4-1)21-13-15-11-19-12-16(20-15)14-22-18-9-5-2-6-10-18/h1-10,15-16H,11-14H2. The average Bonchev–Trinajstić information content (AvgIpc) is 2.60. The van der Waals surface area contributed by atoms with Crippen molar-refractivity contribution in [1.29, 1.82) is 0 Å². The van der Waals surface area contributed by atoms with E-state index in [1.807, 2.05) is 0 Å². The predicted molar refractivity (Wildman–Crippen MR) is 92.8 cm³/mol. The van der Waals surface area contributed by atoms with Crippen LogP contribution in [-0.4, -0.2) is 55.3 Å². The predicted octanol–water partition coefficient (Wildman–Crippen LogP) is 1.67. The fourth-order valence-corrected chi connectivity index (χ4v) is 6.06. The van der Waals surface area contributed by atoms with Crippen LogP contribution >= 0.6 is 0 Å². The molecule has 4 heteroatoms. The molecule has 1 fully saturated rings. The van der Waals surface area contributed by atoms with Gasteiger partial charge in [0.25, 0.3) is 0 Å². The second-order valence-corrected chi connectivity index (χ2v) is 9.75. The summed E-state index contributed by atoms with van der Waals surface area (Å²) in [6, 6.07) is 21.4. The Bertz CT molecular complexity index is 498. The van der Waals surface area contributed by atoms with E-state index < -0.39 is 0 Å². The number of benzene rings is 2. The van der Waals surface area contributed by atoms with Crippen molar-refractivity contribution in [1.82, 2.24) is 0 Å². The molecular weight excluding hydrogens is 406 g/mol. The molecule has 116 valence electrons. The Labute approximate surface area is 144 Å². The fraction of sp³-hybridized carbons (Fsp3) is 0.333. The van der Waals surface area contributed by atoms with E-state index in [0.717, 1.165) is 23.9 Å². The Balaban J connectivity index is 1.43. The van der Waals surface area contributed by atoms with E-state index in [2.05, 4.69) is 60.7 Å². The van der Waals surface area contributed by atoms with Gasteiger partial charge < -0.3 is 0 Å². The second-order valence-electron chi connectivity index (χ2n) is 5.17. The van der Waals surface area contributed by atoms with Gasteiger partial charge in [-0.05, 0) is 0 Å². The van der Waals surface area contributed by atoms with Crippen molar-refractivity contribution in [2.45, 2.75) is 22.8 Å². The monoisotopic (exact) mass is 428 g/mol. The third-order valence-corrected chi connectivity index (χ3v) is 8.15. The summed E-state index contributed by atoms with van der Waals surface area (Å²) in [6.07, 6.45) is 0.538. The van der Waals surface area contributed by atoms with Gasteiger partial charge in [-0.15, -0.1) is 0 Å². The molecule has 3 rings (SSSR count). The Hall–Kier alpha value is -0.601. The van der Waals surface area contributed by atoms with Crippen LogP contribution in [0.25, 0.3) is 0 Å². The molecular formula is C18H20O2Se2. The molecule has 0 aliphatic carbocycles. The van der Waals surface area contributed by atoms with Crippen LogP contribution in [-0.2, 0) is 9.47 Å². The summed E-state index contributed by atoms with van der Waals surface area (Å²) < 4.78 is 14.9. The summed E-state index contributed by atoms with van der Waals surface area (Å²) in [5, 5.41) is 2.21. The molecule has 1 heterocycles. The quantitative estimate of drug-likeness (QED) is 0.655. The van der Waals surface area contributed by atoms with Crippen LogP contribution in [0.2, 0.25) is 10.6 Å². The van der Waals surface area contributed by atoms with Gasteiger partial charge in [-0.2, -0.15) is 0 Å². The van der Waals surface area contributed by atoms with Gasteiger partial charge in [0.2, 0.25) is 0 Å². The van der Waals surface area contributed by atoms with Gasteiger partial charge in [0.05, 0.1) is 0 Å². The van der Waals surface area contributed by atoms with E-state index in [1.54, 1.807) is 0 Å². The van der Waals surface area contributed by atoms with E-state index in [9.17, 15) is 0 Å². The van der Waals surface area contributed by atoms with Crippen molar-refractivity contribution in [3.8, 4) is 0 Å². The van der Waals surface area contributed by atoms with Gasteiger partial charge in [-0.25, -0.2) is 0 Å². The molecule has 0 bridgehead atoms. The maximum absolute atomic E-state index is 6.24. The first-order chi connectivity index (χ1) is 10.9. The molecule has 0 spiro atoms. The van der Waals surface area contributed by atoms with Crippen molar-refractivity contribution in [3.05, 3.63) is 60.7 Å². The summed E-state index contributed by atoms with van der Waals surface area (Å²) in [6.45, 7) is 1.51. The fourth-order valence-electron chi connectivity index (χ4n) is 2.27. The van der Waals surface area contributed by atoms with Crippen LogP contribution in [0.5, 0.6) is 0 Å². The molecule has 2 atom stereocenters. The Morgan fingerprint density at radius 3 is 1.64 bits per heavy atom. The van der Waals surface area contributed by atoms with Crippen LogP contribution in [0, 0.1) is 0 Å². The minimum atomic E-state index is 0.269. The Morgan fingerprint density at radius 2 is 1.18 bits per heavy atom. The number of hydrogen-bond acceptors (Lipinski definition) is 2. The Morgan fingerprint density at radius 1 is 0.727 bits per heavy atom. The van der Waals surface area contributed by atoms with Crippen LogP contribution in [0.1, 0.15) is 0 Å². The molecule has 1 aliphatic heterocycles. The van der Waals surface area contributed by atoms with Crippen LogP contribution < -0.4 is 8.92 Å². The topological polar surface area (TPSA) is 18.5 Å². The van der Waals surface area contributed by atoms with Gasteiger partial charge in [-0.3, -0.25) is 0 Å². The molecule has 22 heavy (non-hydrogen) atoms. The molecule has 1 saturated heterocycles. The molecule has 2 aromatic carbocycles. The Kier molecular flexibility index (Phi) is 6.57. The molecule has 0 aromatic heterocycles. The number of rotatable bonds is 6. The first-order valence-corrected chi connectivity index (χ1v) is 11.6. The molecule has 0 N–H and O–H groups in total. The maximum atomic E-state index is 6.24. The SMILES string of the molecule is c1ccc([Se]CC2COCC(C[Se]c3ccccc3)O2)cc1. The zero-order chi connectivity index (χ0) is 15.0. The van der Waals surface area contributed by atoms with E-state index in [-0.39, 0.29) is 12.2 Å².